The Morgan fingerprint density at radius 1 is 1.16 bits per heavy atom. The van der Waals surface area contributed by atoms with E-state index in [0.717, 1.165) is 43.2 Å². The predicted octanol–water partition coefficient (Wildman–Crippen LogP) is 3.53. The highest BCUT2D eigenvalue weighted by molar-refractivity contribution is 7.13. The Bertz CT molecular complexity index is 526. The smallest absolute Gasteiger partial charge is 0.185 e. The molecule has 0 unspecified atom stereocenters. The topological polar surface area (TPSA) is 16.1 Å². The van der Waals surface area contributed by atoms with Crippen molar-refractivity contribution in [1.82, 2.24) is 4.98 Å². The number of hydrogen-bond acceptors (Lipinski definition) is 3. The van der Waals surface area contributed by atoms with Gasteiger partial charge in [-0.05, 0) is 24.0 Å². The Hall–Kier alpha value is -1.06. The third kappa shape index (κ3) is 2.93. The maximum absolute atomic E-state index is 5.77. The fourth-order valence-electron chi connectivity index (χ4n) is 2.51. The average molecular weight is 293 g/mol. The minimum absolute atomic E-state index is 0.647. The monoisotopic (exact) mass is 292 g/mol. The number of fused-ring (bicyclic) bond motifs is 1. The van der Waals surface area contributed by atoms with E-state index in [-0.39, 0.29) is 0 Å². The standard InChI is InChI=1S/C15H17ClN2S/c16-8-5-14-11-19-15(17-14)18-9-6-12-3-1-2-4-13(12)7-10-18/h1-4,11H,5-10H2. The molecule has 0 bridgehead atoms. The molecule has 19 heavy (non-hydrogen) atoms. The van der Waals surface area contributed by atoms with Gasteiger partial charge in [0.1, 0.15) is 0 Å². The Kier molecular flexibility index (Phi) is 4.04. The Balaban J connectivity index is 1.74. The van der Waals surface area contributed by atoms with Crippen molar-refractivity contribution in [2.75, 3.05) is 23.9 Å². The summed E-state index contributed by atoms with van der Waals surface area (Å²) < 4.78 is 0. The van der Waals surface area contributed by atoms with Crippen molar-refractivity contribution in [3.63, 3.8) is 0 Å². The molecule has 0 saturated carbocycles. The molecule has 0 aliphatic carbocycles. The summed E-state index contributed by atoms with van der Waals surface area (Å²) >= 11 is 7.51. The van der Waals surface area contributed by atoms with Gasteiger partial charge in [-0.2, -0.15) is 0 Å². The fourth-order valence-corrected chi connectivity index (χ4v) is 3.62. The van der Waals surface area contributed by atoms with Crippen LogP contribution in [0.5, 0.6) is 0 Å². The molecule has 0 N–H and O–H groups in total. The number of thiazole rings is 1. The van der Waals surface area contributed by atoms with Crippen molar-refractivity contribution < 1.29 is 0 Å². The Labute approximate surface area is 123 Å². The van der Waals surface area contributed by atoms with Crippen LogP contribution in [-0.4, -0.2) is 24.0 Å². The molecule has 0 amide bonds. The van der Waals surface area contributed by atoms with Crippen LogP contribution in [-0.2, 0) is 19.3 Å². The molecule has 0 atom stereocenters. The SMILES string of the molecule is ClCCc1csc(N2CCc3ccccc3CC2)n1. The zero-order chi connectivity index (χ0) is 13.1. The maximum atomic E-state index is 5.77. The van der Waals surface area contributed by atoms with Crippen molar-refractivity contribution in [2.24, 2.45) is 0 Å². The van der Waals surface area contributed by atoms with E-state index in [1.54, 1.807) is 11.3 Å². The van der Waals surface area contributed by atoms with Gasteiger partial charge < -0.3 is 4.90 Å². The molecule has 1 aliphatic heterocycles. The average Bonchev–Trinajstić information content (AvgIpc) is 2.79. The lowest BCUT2D eigenvalue weighted by atomic mass is 10.0. The Morgan fingerprint density at radius 3 is 2.47 bits per heavy atom. The lowest BCUT2D eigenvalue weighted by Gasteiger charge is -2.18. The van der Waals surface area contributed by atoms with E-state index in [0.29, 0.717) is 5.88 Å². The molecular formula is C15H17ClN2S. The van der Waals surface area contributed by atoms with Gasteiger partial charge in [-0.1, -0.05) is 24.3 Å². The van der Waals surface area contributed by atoms with Crippen LogP contribution in [0.4, 0.5) is 5.13 Å². The van der Waals surface area contributed by atoms with Gasteiger partial charge in [0.25, 0.3) is 0 Å². The van der Waals surface area contributed by atoms with Crippen LogP contribution in [0.1, 0.15) is 16.8 Å². The van der Waals surface area contributed by atoms with E-state index in [9.17, 15) is 0 Å². The van der Waals surface area contributed by atoms with Crippen LogP contribution in [0, 0.1) is 0 Å². The highest BCUT2D eigenvalue weighted by Gasteiger charge is 2.16. The molecule has 1 aromatic heterocycles. The van der Waals surface area contributed by atoms with E-state index in [4.69, 9.17) is 11.6 Å². The van der Waals surface area contributed by atoms with Crippen LogP contribution in [0.3, 0.4) is 0 Å². The summed E-state index contributed by atoms with van der Waals surface area (Å²) in [5.74, 6) is 0.647. The number of aromatic nitrogens is 1. The van der Waals surface area contributed by atoms with Crippen molar-refractivity contribution in [3.05, 3.63) is 46.5 Å². The number of aryl methyl sites for hydroxylation is 1. The Morgan fingerprint density at radius 2 is 1.84 bits per heavy atom. The molecule has 2 heterocycles. The lowest BCUT2D eigenvalue weighted by molar-refractivity contribution is 0.798. The highest BCUT2D eigenvalue weighted by Crippen LogP contribution is 2.24. The molecule has 1 aliphatic rings. The molecule has 0 fully saturated rings. The van der Waals surface area contributed by atoms with Crippen LogP contribution in [0.25, 0.3) is 0 Å². The van der Waals surface area contributed by atoms with Gasteiger partial charge in [0.05, 0.1) is 5.69 Å². The molecule has 0 spiro atoms. The fraction of sp³-hybridized carbons (Fsp3) is 0.400. The summed E-state index contributed by atoms with van der Waals surface area (Å²) in [6.45, 7) is 2.12. The van der Waals surface area contributed by atoms with Gasteiger partial charge in [-0.25, -0.2) is 4.98 Å². The number of rotatable bonds is 3. The summed E-state index contributed by atoms with van der Waals surface area (Å²) in [6.07, 6.45) is 3.09. The van der Waals surface area contributed by atoms with Crippen LogP contribution in [0.15, 0.2) is 29.6 Å². The summed E-state index contributed by atoms with van der Waals surface area (Å²) in [5, 5.41) is 3.28. The minimum atomic E-state index is 0.647. The number of halogens is 1. The first kappa shape index (κ1) is 12.9. The molecule has 0 saturated heterocycles. The summed E-state index contributed by atoms with van der Waals surface area (Å²) in [5.41, 5.74) is 4.10. The molecule has 2 aromatic rings. The second kappa shape index (κ2) is 5.93. The first-order chi connectivity index (χ1) is 9.36. The molecule has 1 aromatic carbocycles. The third-order valence-electron chi connectivity index (χ3n) is 3.58. The summed E-state index contributed by atoms with van der Waals surface area (Å²) in [6, 6.07) is 8.77. The van der Waals surface area contributed by atoms with Crippen molar-refractivity contribution >= 4 is 28.1 Å². The molecule has 2 nitrogen and oxygen atoms in total. The van der Waals surface area contributed by atoms with E-state index < -0.39 is 0 Å². The zero-order valence-corrected chi connectivity index (χ0v) is 12.4. The van der Waals surface area contributed by atoms with Crippen LogP contribution < -0.4 is 4.90 Å². The third-order valence-corrected chi connectivity index (χ3v) is 4.72. The van der Waals surface area contributed by atoms with Crippen molar-refractivity contribution in [1.29, 1.82) is 0 Å². The second-order valence-electron chi connectivity index (χ2n) is 4.82. The van der Waals surface area contributed by atoms with E-state index >= 15 is 0 Å². The van der Waals surface area contributed by atoms with Crippen molar-refractivity contribution in [2.45, 2.75) is 19.3 Å². The highest BCUT2D eigenvalue weighted by atomic mass is 35.5. The first-order valence-electron chi connectivity index (χ1n) is 6.69. The molecule has 4 heteroatoms. The molecule has 100 valence electrons. The molecule has 0 radical (unpaired) electrons. The van der Waals surface area contributed by atoms with E-state index in [1.165, 1.54) is 11.1 Å². The second-order valence-corrected chi connectivity index (χ2v) is 6.03. The maximum Gasteiger partial charge on any atom is 0.185 e. The number of alkyl halides is 1. The van der Waals surface area contributed by atoms with Gasteiger partial charge >= 0.3 is 0 Å². The van der Waals surface area contributed by atoms with E-state index in [1.807, 2.05) is 0 Å². The summed E-state index contributed by atoms with van der Waals surface area (Å²) in [7, 11) is 0. The van der Waals surface area contributed by atoms with Crippen molar-refractivity contribution in [3.8, 4) is 0 Å². The van der Waals surface area contributed by atoms with Gasteiger partial charge in [-0.3, -0.25) is 0 Å². The minimum Gasteiger partial charge on any atom is -0.347 e. The number of benzene rings is 1. The molecule has 3 rings (SSSR count). The quantitative estimate of drug-likeness (QED) is 0.805. The lowest BCUT2D eigenvalue weighted by Crippen LogP contribution is -2.25. The van der Waals surface area contributed by atoms with Gasteiger partial charge in [0.2, 0.25) is 0 Å². The van der Waals surface area contributed by atoms with Gasteiger partial charge in [0.15, 0.2) is 5.13 Å². The zero-order valence-electron chi connectivity index (χ0n) is 10.8. The first-order valence-corrected chi connectivity index (χ1v) is 8.10. The van der Waals surface area contributed by atoms with Crippen LogP contribution >= 0.6 is 22.9 Å². The number of anilines is 1. The number of hydrogen-bond donors (Lipinski definition) is 0. The molecular weight excluding hydrogens is 276 g/mol. The van der Waals surface area contributed by atoms with E-state index in [2.05, 4.69) is 39.5 Å². The van der Waals surface area contributed by atoms with Crippen LogP contribution in [0.2, 0.25) is 0 Å². The van der Waals surface area contributed by atoms with Gasteiger partial charge in [0, 0.05) is 30.8 Å². The summed E-state index contributed by atoms with van der Waals surface area (Å²) in [4.78, 5) is 7.09. The normalized spacial score (nSPS) is 15.1. The predicted molar refractivity (Wildman–Crippen MR) is 82.6 cm³/mol. The number of nitrogens with zero attached hydrogens (tertiary/aromatic N) is 2. The van der Waals surface area contributed by atoms with Gasteiger partial charge in [-0.15, -0.1) is 22.9 Å². The largest absolute Gasteiger partial charge is 0.347 e.